The summed E-state index contributed by atoms with van der Waals surface area (Å²) in [5.74, 6) is 0.500. The average molecular weight is 338 g/mol. The number of hydrogen-bond donors (Lipinski definition) is 2. The summed E-state index contributed by atoms with van der Waals surface area (Å²) in [6.07, 6.45) is -3.05. The topological polar surface area (TPSA) is 72.2 Å². The molecule has 1 unspecified atom stereocenters. The number of alkyl halides is 3. The van der Waals surface area contributed by atoms with Crippen LogP contribution < -0.4 is 10.5 Å². The van der Waals surface area contributed by atoms with Crippen LogP contribution in [0, 0.1) is 5.92 Å². The number of nitrogens with two attached hydrogens (primary N) is 1. The van der Waals surface area contributed by atoms with Gasteiger partial charge < -0.3 is 5.32 Å². The minimum atomic E-state index is -4.79. The van der Waals surface area contributed by atoms with E-state index in [4.69, 9.17) is 5.14 Å². The molecule has 0 saturated heterocycles. The van der Waals surface area contributed by atoms with E-state index in [1.54, 1.807) is 0 Å². The molecule has 0 aliphatic heterocycles. The second kappa shape index (κ2) is 6.87. The molecule has 22 heavy (non-hydrogen) atoms. The van der Waals surface area contributed by atoms with Crippen LogP contribution in [0.4, 0.5) is 18.9 Å². The van der Waals surface area contributed by atoms with Gasteiger partial charge in [-0.1, -0.05) is 13.8 Å². The van der Waals surface area contributed by atoms with E-state index in [0.717, 1.165) is 25.0 Å². The number of nitrogens with one attached hydrogen (secondary N) is 1. The lowest BCUT2D eigenvalue weighted by molar-refractivity contribution is -0.139. The predicted octanol–water partition coefficient (Wildman–Crippen LogP) is 3.59. The zero-order chi connectivity index (χ0) is 17.1. The third-order valence-corrected chi connectivity index (χ3v) is 4.15. The van der Waals surface area contributed by atoms with E-state index in [-0.39, 0.29) is 11.7 Å². The first-order valence-corrected chi connectivity index (χ1v) is 8.46. The lowest BCUT2D eigenvalue weighted by Crippen LogP contribution is -2.20. The first-order chi connectivity index (χ1) is 9.91. The fourth-order valence-electron chi connectivity index (χ4n) is 2.03. The Morgan fingerprint density at radius 2 is 1.77 bits per heavy atom. The van der Waals surface area contributed by atoms with Crippen LogP contribution in [0.25, 0.3) is 0 Å². The molecule has 0 aliphatic rings. The number of sulfonamides is 1. The third kappa shape index (κ3) is 5.49. The Morgan fingerprint density at radius 1 is 1.18 bits per heavy atom. The molecule has 0 spiro atoms. The van der Waals surface area contributed by atoms with Crippen molar-refractivity contribution in [3.63, 3.8) is 0 Å². The minimum Gasteiger partial charge on any atom is -0.383 e. The Labute approximate surface area is 128 Å². The second-order valence-electron chi connectivity index (χ2n) is 5.77. The van der Waals surface area contributed by atoms with Gasteiger partial charge in [0.2, 0.25) is 10.0 Å². The van der Waals surface area contributed by atoms with Crippen LogP contribution in [0.15, 0.2) is 23.1 Å². The second-order valence-corrected chi connectivity index (χ2v) is 7.30. The molecule has 0 heterocycles. The van der Waals surface area contributed by atoms with Gasteiger partial charge in [-0.3, -0.25) is 0 Å². The van der Waals surface area contributed by atoms with Crippen molar-refractivity contribution in [3.8, 4) is 0 Å². The van der Waals surface area contributed by atoms with E-state index in [1.165, 1.54) is 6.07 Å². The van der Waals surface area contributed by atoms with Crippen LogP contribution >= 0.6 is 0 Å². The van der Waals surface area contributed by atoms with E-state index in [1.807, 2.05) is 6.92 Å². The predicted molar refractivity (Wildman–Crippen MR) is 80.0 cm³/mol. The van der Waals surface area contributed by atoms with Crippen LogP contribution in [0.2, 0.25) is 0 Å². The van der Waals surface area contributed by atoms with Crippen molar-refractivity contribution >= 4 is 15.7 Å². The van der Waals surface area contributed by atoms with E-state index >= 15 is 0 Å². The monoisotopic (exact) mass is 338 g/mol. The summed E-state index contributed by atoms with van der Waals surface area (Å²) in [4.78, 5) is -0.916. The van der Waals surface area contributed by atoms with Gasteiger partial charge in [0.1, 0.15) is 0 Å². The molecule has 0 saturated carbocycles. The normalized spacial score (nSPS) is 14.2. The maximum atomic E-state index is 13.0. The number of benzene rings is 1. The fraction of sp³-hybridized carbons (Fsp3) is 0.571. The summed E-state index contributed by atoms with van der Waals surface area (Å²) < 4.78 is 61.5. The largest absolute Gasteiger partial charge is 0.417 e. The highest BCUT2D eigenvalue weighted by Crippen LogP contribution is 2.35. The molecular weight excluding hydrogens is 317 g/mol. The summed E-state index contributed by atoms with van der Waals surface area (Å²) in [6, 6.07) is 2.94. The highest BCUT2D eigenvalue weighted by Gasteiger charge is 2.36. The van der Waals surface area contributed by atoms with Crippen molar-refractivity contribution < 1.29 is 21.6 Å². The summed E-state index contributed by atoms with van der Waals surface area (Å²) in [7, 11) is -4.43. The smallest absolute Gasteiger partial charge is 0.383 e. The molecule has 0 bridgehead atoms. The molecule has 0 aromatic heterocycles. The summed E-state index contributed by atoms with van der Waals surface area (Å²) >= 11 is 0. The Morgan fingerprint density at radius 3 is 2.23 bits per heavy atom. The molecule has 0 radical (unpaired) electrons. The molecular formula is C14H21F3N2O2S. The van der Waals surface area contributed by atoms with Gasteiger partial charge in [0.05, 0.1) is 10.5 Å². The van der Waals surface area contributed by atoms with Crippen LogP contribution in [-0.2, 0) is 16.2 Å². The molecule has 1 aromatic carbocycles. The standard InChI is InChI=1S/C14H21F3N2O2S/c1-9(2)4-5-10(3)19-11-6-7-13(22(18,20)21)12(8-11)14(15,16)17/h6-10,19H,4-5H2,1-3H3,(H2,18,20,21). The SMILES string of the molecule is CC(C)CCC(C)Nc1ccc(S(N)(=O)=O)c(C(F)(F)F)c1. The quantitative estimate of drug-likeness (QED) is 0.832. The zero-order valence-corrected chi connectivity index (χ0v) is 13.6. The van der Waals surface area contributed by atoms with Crippen molar-refractivity contribution in [1.29, 1.82) is 0 Å². The summed E-state index contributed by atoms with van der Waals surface area (Å²) in [5.41, 5.74) is -1.04. The van der Waals surface area contributed by atoms with Crippen molar-refractivity contribution in [2.24, 2.45) is 11.1 Å². The molecule has 1 aromatic rings. The molecule has 4 nitrogen and oxygen atoms in total. The van der Waals surface area contributed by atoms with E-state index in [9.17, 15) is 21.6 Å². The average Bonchev–Trinajstić information content (AvgIpc) is 2.34. The first-order valence-electron chi connectivity index (χ1n) is 6.92. The molecule has 0 aliphatic carbocycles. The lowest BCUT2D eigenvalue weighted by atomic mass is 10.0. The highest BCUT2D eigenvalue weighted by molar-refractivity contribution is 7.89. The Hall–Kier alpha value is -1.28. The van der Waals surface area contributed by atoms with Crippen LogP contribution in [-0.4, -0.2) is 14.5 Å². The number of rotatable bonds is 6. The summed E-state index contributed by atoms with van der Waals surface area (Å²) in [5, 5.41) is 7.79. The van der Waals surface area contributed by atoms with Gasteiger partial charge in [-0.15, -0.1) is 0 Å². The van der Waals surface area contributed by atoms with Gasteiger partial charge in [-0.25, -0.2) is 13.6 Å². The number of anilines is 1. The molecule has 126 valence electrons. The van der Waals surface area contributed by atoms with Gasteiger partial charge in [0.25, 0.3) is 0 Å². The Balaban J connectivity index is 3.05. The molecule has 3 N–H and O–H groups in total. The fourth-order valence-corrected chi connectivity index (χ4v) is 2.77. The van der Waals surface area contributed by atoms with Crippen molar-refractivity contribution in [3.05, 3.63) is 23.8 Å². The maximum absolute atomic E-state index is 13.0. The zero-order valence-electron chi connectivity index (χ0n) is 12.7. The molecule has 1 atom stereocenters. The molecule has 0 amide bonds. The highest BCUT2D eigenvalue weighted by atomic mass is 32.2. The summed E-state index contributed by atoms with van der Waals surface area (Å²) in [6.45, 7) is 5.99. The maximum Gasteiger partial charge on any atom is 0.417 e. The van der Waals surface area contributed by atoms with Crippen molar-refractivity contribution in [2.45, 2.75) is 50.7 Å². The van der Waals surface area contributed by atoms with Crippen LogP contribution in [0.3, 0.4) is 0 Å². The number of halogens is 3. The molecule has 8 heteroatoms. The lowest BCUT2D eigenvalue weighted by Gasteiger charge is -2.18. The first kappa shape index (κ1) is 18.8. The van der Waals surface area contributed by atoms with Crippen molar-refractivity contribution in [2.75, 3.05) is 5.32 Å². The van der Waals surface area contributed by atoms with E-state index < -0.39 is 26.7 Å². The van der Waals surface area contributed by atoms with Gasteiger partial charge in [-0.2, -0.15) is 13.2 Å². The minimum absolute atomic E-state index is 0.0242. The van der Waals surface area contributed by atoms with Gasteiger partial charge in [-0.05, 0) is 43.9 Å². The van der Waals surface area contributed by atoms with Crippen molar-refractivity contribution in [1.82, 2.24) is 0 Å². The van der Waals surface area contributed by atoms with Gasteiger partial charge >= 0.3 is 6.18 Å². The van der Waals surface area contributed by atoms with Crippen LogP contribution in [0.5, 0.6) is 0 Å². The number of primary sulfonamides is 1. The molecule has 0 fully saturated rings. The van der Waals surface area contributed by atoms with Gasteiger partial charge in [0.15, 0.2) is 0 Å². The van der Waals surface area contributed by atoms with E-state index in [2.05, 4.69) is 19.2 Å². The molecule has 1 rings (SSSR count). The number of hydrogen-bond acceptors (Lipinski definition) is 3. The third-order valence-electron chi connectivity index (χ3n) is 3.18. The van der Waals surface area contributed by atoms with E-state index in [0.29, 0.717) is 5.92 Å². The Bertz CT molecular complexity index is 613. The Kier molecular flexibility index (Phi) is 5.86. The van der Waals surface area contributed by atoms with Crippen LogP contribution in [0.1, 0.15) is 39.2 Å². The van der Waals surface area contributed by atoms with Gasteiger partial charge in [0, 0.05) is 11.7 Å².